The predicted molar refractivity (Wildman–Crippen MR) is 89.6 cm³/mol. The normalized spacial score (nSPS) is 17.6. The fourth-order valence-electron chi connectivity index (χ4n) is 3.16. The summed E-state index contributed by atoms with van der Waals surface area (Å²) in [5.41, 5.74) is 0.620. The zero-order valence-corrected chi connectivity index (χ0v) is 14.1. The lowest BCUT2D eigenvalue weighted by Gasteiger charge is -2.27. The molecule has 1 aliphatic carbocycles. The van der Waals surface area contributed by atoms with Crippen LogP contribution in [-0.4, -0.2) is 19.5 Å². The van der Waals surface area contributed by atoms with E-state index in [1.807, 2.05) is 20.0 Å². The van der Waals surface area contributed by atoms with Crippen molar-refractivity contribution in [2.24, 2.45) is 11.8 Å². The molecule has 2 atom stereocenters. The second-order valence-corrected chi connectivity index (χ2v) is 6.01. The van der Waals surface area contributed by atoms with Crippen LogP contribution in [0.2, 0.25) is 0 Å². The summed E-state index contributed by atoms with van der Waals surface area (Å²) in [5, 5.41) is 6.09. The molecule has 1 aromatic rings. The average molecular weight is 329 g/mol. The van der Waals surface area contributed by atoms with E-state index in [9.17, 15) is 9.18 Å². The van der Waals surface area contributed by atoms with E-state index in [4.69, 9.17) is 0 Å². The molecule has 5 heteroatoms. The Balaban J connectivity index is 0.00000242. The van der Waals surface area contributed by atoms with Crippen molar-refractivity contribution in [3.63, 3.8) is 0 Å². The van der Waals surface area contributed by atoms with E-state index >= 15 is 0 Å². The third-order valence-corrected chi connectivity index (χ3v) is 4.37. The molecule has 124 valence electrons. The third-order valence-electron chi connectivity index (χ3n) is 4.37. The molecule has 22 heavy (non-hydrogen) atoms. The van der Waals surface area contributed by atoms with Crippen LogP contribution in [0.15, 0.2) is 24.3 Å². The van der Waals surface area contributed by atoms with Gasteiger partial charge in [-0.25, -0.2) is 4.39 Å². The fraction of sp³-hybridized carbons (Fsp3) is 0.588. The highest BCUT2D eigenvalue weighted by Crippen LogP contribution is 2.36. The van der Waals surface area contributed by atoms with Crippen LogP contribution in [-0.2, 0) is 4.79 Å². The quantitative estimate of drug-likeness (QED) is 0.839. The minimum Gasteiger partial charge on any atom is -0.349 e. The highest BCUT2D eigenvalue weighted by molar-refractivity contribution is 5.85. The summed E-state index contributed by atoms with van der Waals surface area (Å²) >= 11 is 0. The zero-order chi connectivity index (χ0) is 15.2. The average Bonchev–Trinajstić information content (AvgIpc) is 2.99. The topological polar surface area (TPSA) is 41.1 Å². The number of benzene rings is 1. The summed E-state index contributed by atoms with van der Waals surface area (Å²) in [6, 6.07) is 6.59. The Hall–Kier alpha value is -1.13. The van der Waals surface area contributed by atoms with Gasteiger partial charge in [0.2, 0.25) is 5.91 Å². The van der Waals surface area contributed by atoms with Crippen molar-refractivity contribution in [2.75, 3.05) is 13.6 Å². The molecule has 3 nitrogen and oxygen atoms in total. The number of amides is 1. The summed E-state index contributed by atoms with van der Waals surface area (Å²) in [5.74, 6) is -0.0150. The molecule has 0 spiro atoms. The molecule has 0 radical (unpaired) electrons. The molecule has 1 fully saturated rings. The Kier molecular flexibility index (Phi) is 7.83. The smallest absolute Gasteiger partial charge is 0.224 e. The number of carbonyl (C=O) groups is 1. The highest BCUT2D eigenvalue weighted by Gasteiger charge is 2.30. The maximum absolute atomic E-state index is 14.1. The standard InChI is InChI=1S/C17H25FN2O.ClH/c1-12(11-19-2)17(21)20-16(13-7-3-4-8-13)14-9-5-6-10-15(14)18;/h5-6,9-10,12-13,16,19H,3-4,7-8,11H2,1-2H3,(H,20,21);1H. The first-order chi connectivity index (χ1) is 10.1. The Morgan fingerprint density at radius 2 is 1.95 bits per heavy atom. The Labute approximate surface area is 138 Å². The second-order valence-electron chi connectivity index (χ2n) is 6.01. The van der Waals surface area contributed by atoms with E-state index in [0.717, 1.165) is 25.7 Å². The van der Waals surface area contributed by atoms with Crippen molar-refractivity contribution in [2.45, 2.75) is 38.6 Å². The van der Waals surface area contributed by atoms with Crippen molar-refractivity contribution in [3.8, 4) is 0 Å². The summed E-state index contributed by atoms with van der Waals surface area (Å²) in [4.78, 5) is 12.3. The molecule has 1 saturated carbocycles. The number of nitrogens with one attached hydrogen (secondary N) is 2. The summed E-state index contributed by atoms with van der Waals surface area (Å²) in [6.45, 7) is 2.51. The monoisotopic (exact) mass is 328 g/mol. The lowest BCUT2D eigenvalue weighted by Crippen LogP contribution is -2.39. The van der Waals surface area contributed by atoms with Crippen molar-refractivity contribution in [3.05, 3.63) is 35.6 Å². The van der Waals surface area contributed by atoms with E-state index < -0.39 is 0 Å². The van der Waals surface area contributed by atoms with Gasteiger partial charge in [0.05, 0.1) is 6.04 Å². The molecule has 2 unspecified atom stereocenters. The van der Waals surface area contributed by atoms with Crippen LogP contribution in [0.5, 0.6) is 0 Å². The Morgan fingerprint density at radius 3 is 2.55 bits per heavy atom. The number of hydrogen-bond acceptors (Lipinski definition) is 2. The number of hydrogen-bond donors (Lipinski definition) is 2. The fourth-order valence-corrected chi connectivity index (χ4v) is 3.16. The predicted octanol–water partition coefficient (Wildman–Crippen LogP) is 3.45. The summed E-state index contributed by atoms with van der Waals surface area (Å²) < 4.78 is 14.1. The number of rotatable bonds is 6. The maximum atomic E-state index is 14.1. The SMILES string of the molecule is CNCC(C)C(=O)NC(c1ccccc1F)C1CCCC1.Cl. The van der Waals surface area contributed by atoms with E-state index in [-0.39, 0.29) is 36.1 Å². The van der Waals surface area contributed by atoms with Gasteiger partial charge in [-0.15, -0.1) is 12.4 Å². The first kappa shape index (κ1) is 18.9. The van der Waals surface area contributed by atoms with Crippen LogP contribution < -0.4 is 10.6 Å². The molecule has 1 aromatic carbocycles. The van der Waals surface area contributed by atoms with Crippen LogP contribution in [0.1, 0.15) is 44.2 Å². The van der Waals surface area contributed by atoms with Crippen LogP contribution in [0, 0.1) is 17.7 Å². The zero-order valence-electron chi connectivity index (χ0n) is 13.3. The molecule has 0 bridgehead atoms. The minimum atomic E-state index is -0.226. The first-order valence-electron chi connectivity index (χ1n) is 7.83. The molecular formula is C17H26ClFN2O. The first-order valence-corrected chi connectivity index (χ1v) is 7.83. The van der Waals surface area contributed by atoms with Gasteiger partial charge in [0, 0.05) is 18.0 Å². The van der Waals surface area contributed by atoms with E-state index in [0.29, 0.717) is 18.0 Å². The Morgan fingerprint density at radius 1 is 1.32 bits per heavy atom. The van der Waals surface area contributed by atoms with Gasteiger partial charge in [-0.05, 0) is 31.9 Å². The van der Waals surface area contributed by atoms with Crippen molar-refractivity contribution in [1.82, 2.24) is 10.6 Å². The Bertz CT molecular complexity index is 477. The van der Waals surface area contributed by atoms with Crippen molar-refractivity contribution >= 4 is 18.3 Å². The van der Waals surface area contributed by atoms with Gasteiger partial charge in [-0.3, -0.25) is 4.79 Å². The van der Waals surface area contributed by atoms with E-state index in [1.54, 1.807) is 12.1 Å². The van der Waals surface area contributed by atoms with Crippen LogP contribution in [0.4, 0.5) is 4.39 Å². The van der Waals surface area contributed by atoms with Crippen LogP contribution in [0.3, 0.4) is 0 Å². The minimum absolute atomic E-state index is 0. The molecular weight excluding hydrogens is 303 g/mol. The van der Waals surface area contributed by atoms with E-state index in [2.05, 4.69) is 10.6 Å². The van der Waals surface area contributed by atoms with Crippen molar-refractivity contribution in [1.29, 1.82) is 0 Å². The molecule has 0 aliphatic heterocycles. The van der Waals surface area contributed by atoms with Gasteiger partial charge < -0.3 is 10.6 Å². The molecule has 2 rings (SSSR count). The molecule has 1 amide bonds. The van der Waals surface area contributed by atoms with Gasteiger partial charge in [-0.2, -0.15) is 0 Å². The van der Waals surface area contributed by atoms with Crippen molar-refractivity contribution < 1.29 is 9.18 Å². The molecule has 0 saturated heterocycles. The second kappa shape index (κ2) is 9.11. The highest BCUT2D eigenvalue weighted by atomic mass is 35.5. The number of halogens is 2. The lowest BCUT2D eigenvalue weighted by molar-refractivity contribution is -0.125. The largest absolute Gasteiger partial charge is 0.349 e. The third kappa shape index (κ3) is 4.68. The van der Waals surface area contributed by atoms with Crippen LogP contribution >= 0.6 is 12.4 Å². The molecule has 0 aromatic heterocycles. The summed E-state index contributed by atoms with van der Waals surface area (Å²) in [6.07, 6.45) is 4.44. The lowest BCUT2D eigenvalue weighted by atomic mass is 9.90. The van der Waals surface area contributed by atoms with Crippen LogP contribution in [0.25, 0.3) is 0 Å². The van der Waals surface area contributed by atoms with E-state index in [1.165, 1.54) is 6.07 Å². The van der Waals surface area contributed by atoms with Gasteiger partial charge in [0.25, 0.3) is 0 Å². The number of carbonyl (C=O) groups excluding carboxylic acids is 1. The molecule has 0 heterocycles. The summed E-state index contributed by atoms with van der Waals surface area (Å²) in [7, 11) is 1.83. The van der Waals surface area contributed by atoms with Gasteiger partial charge in [-0.1, -0.05) is 38.0 Å². The van der Waals surface area contributed by atoms with Gasteiger partial charge >= 0.3 is 0 Å². The maximum Gasteiger partial charge on any atom is 0.224 e. The molecule has 2 N–H and O–H groups in total. The van der Waals surface area contributed by atoms with Gasteiger partial charge in [0.1, 0.15) is 5.82 Å². The van der Waals surface area contributed by atoms with Gasteiger partial charge in [0.15, 0.2) is 0 Å². The molecule has 1 aliphatic rings.